The van der Waals surface area contributed by atoms with Crippen molar-refractivity contribution in [3.05, 3.63) is 12.7 Å². The second kappa shape index (κ2) is 15.3. The molecule has 2 N–H and O–H groups in total. The van der Waals surface area contributed by atoms with Crippen LogP contribution >= 0.6 is 0 Å². The number of carbonyl (C=O) groups is 2. The van der Waals surface area contributed by atoms with Crippen molar-refractivity contribution in [1.82, 2.24) is 0 Å². The molecule has 4 nitrogen and oxygen atoms in total. The van der Waals surface area contributed by atoms with Gasteiger partial charge in [0.15, 0.2) is 0 Å². The highest BCUT2D eigenvalue weighted by Gasteiger charge is 2.10. The van der Waals surface area contributed by atoms with Crippen molar-refractivity contribution >= 4 is 11.9 Å². The van der Waals surface area contributed by atoms with Gasteiger partial charge in [-0.3, -0.25) is 9.59 Å². The molecule has 0 unspecified atom stereocenters. The number of aliphatic carboxylic acids is 2. The third-order valence-corrected chi connectivity index (χ3v) is 3.85. The van der Waals surface area contributed by atoms with Gasteiger partial charge in [0.2, 0.25) is 0 Å². The minimum absolute atomic E-state index is 0.0184. The lowest BCUT2D eigenvalue weighted by Gasteiger charge is -2.07. The van der Waals surface area contributed by atoms with Crippen molar-refractivity contribution < 1.29 is 19.8 Å². The van der Waals surface area contributed by atoms with Crippen molar-refractivity contribution in [1.29, 1.82) is 0 Å². The Morgan fingerprint density at radius 2 is 1.48 bits per heavy atom. The number of hydrogen-bond acceptors (Lipinski definition) is 2. The maximum atomic E-state index is 10.9. The van der Waals surface area contributed by atoms with E-state index in [0.717, 1.165) is 19.3 Å². The van der Waals surface area contributed by atoms with E-state index in [1.807, 2.05) is 0 Å². The van der Waals surface area contributed by atoms with Crippen molar-refractivity contribution in [3.8, 4) is 23.7 Å². The molecule has 138 valence electrons. The first-order chi connectivity index (χ1) is 12.0. The second-order valence-corrected chi connectivity index (χ2v) is 6.18. The van der Waals surface area contributed by atoms with E-state index in [4.69, 9.17) is 10.2 Å². The van der Waals surface area contributed by atoms with E-state index < -0.39 is 17.9 Å². The molecule has 0 spiro atoms. The summed E-state index contributed by atoms with van der Waals surface area (Å²) in [5.74, 6) is 8.53. The van der Waals surface area contributed by atoms with Gasteiger partial charge in [-0.25, -0.2) is 0 Å². The summed E-state index contributed by atoms with van der Waals surface area (Å²) >= 11 is 0. The molecule has 0 aromatic heterocycles. The lowest BCUT2D eigenvalue weighted by atomic mass is 9.97. The Hall–Kier alpha value is -2.20. The lowest BCUT2D eigenvalue weighted by molar-refractivity contribution is -0.138. The largest absolute Gasteiger partial charge is 0.481 e. The van der Waals surface area contributed by atoms with Crippen LogP contribution in [0, 0.1) is 35.5 Å². The fourth-order valence-corrected chi connectivity index (χ4v) is 2.43. The molecule has 0 saturated heterocycles. The number of hydrogen-bond donors (Lipinski definition) is 2. The highest BCUT2D eigenvalue weighted by Crippen LogP contribution is 2.15. The van der Waals surface area contributed by atoms with E-state index in [9.17, 15) is 9.59 Å². The standard InChI is InChI=1S/C21H30O4/c1-3-5-6-7-8-9-10-14-19(17-21(24)25)15-12-11-13-18(4-2)16-20(22)23/h4,18-19H,2-3,5-10,14,16-17H2,1H3,(H,22,23)(H,24,25)/t18-,19+/m1/s1. The molecule has 0 radical (unpaired) electrons. The number of unbranched alkanes of at least 4 members (excludes halogenated alkanes) is 6. The maximum Gasteiger partial charge on any atom is 0.304 e. The fraction of sp³-hybridized carbons (Fsp3) is 0.619. The summed E-state index contributed by atoms with van der Waals surface area (Å²) in [5.41, 5.74) is 0. The van der Waals surface area contributed by atoms with Gasteiger partial charge < -0.3 is 10.2 Å². The van der Waals surface area contributed by atoms with Gasteiger partial charge in [0.05, 0.1) is 12.8 Å². The highest BCUT2D eigenvalue weighted by molar-refractivity contribution is 5.68. The topological polar surface area (TPSA) is 74.6 Å². The molecule has 0 aliphatic carbocycles. The summed E-state index contributed by atoms with van der Waals surface area (Å²) in [6.45, 7) is 5.74. The van der Waals surface area contributed by atoms with E-state index in [-0.39, 0.29) is 18.8 Å². The zero-order valence-electron chi connectivity index (χ0n) is 15.2. The fourth-order valence-electron chi connectivity index (χ4n) is 2.43. The first kappa shape index (κ1) is 22.8. The first-order valence-electron chi connectivity index (χ1n) is 9.06. The summed E-state index contributed by atoms with van der Waals surface area (Å²) in [7, 11) is 0. The zero-order valence-corrected chi connectivity index (χ0v) is 15.2. The van der Waals surface area contributed by atoms with Crippen LogP contribution in [0.3, 0.4) is 0 Å². The van der Waals surface area contributed by atoms with Gasteiger partial charge in [0.25, 0.3) is 0 Å². The predicted molar refractivity (Wildman–Crippen MR) is 99.8 cm³/mol. The summed E-state index contributed by atoms with van der Waals surface area (Å²) in [4.78, 5) is 21.6. The molecule has 0 aromatic carbocycles. The van der Waals surface area contributed by atoms with Crippen LogP contribution in [-0.4, -0.2) is 22.2 Å². The Labute approximate surface area is 151 Å². The van der Waals surface area contributed by atoms with E-state index in [1.54, 1.807) is 0 Å². The molecular formula is C21H30O4. The summed E-state index contributed by atoms with van der Waals surface area (Å²) in [5, 5.41) is 17.7. The van der Waals surface area contributed by atoms with Crippen LogP contribution in [-0.2, 0) is 9.59 Å². The molecule has 0 amide bonds. The summed E-state index contributed by atoms with van der Waals surface area (Å²) < 4.78 is 0. The van der Waals surface area contributed by atoms with Gasteiger partial charge >= 0.3 is 11.9 Å². The number of rotatable bonds is 13. The molecule has 0 heterocycles. The van der Waals surface area contributed by atoms with Crippen LogP contribution in [0.4, 0.5) is 0 Å². The van der Waals surface area contributed by atoms with Gasteiger partial charge in [-0.05, 0) is 18.3 Å². The van der Waals surface area contributed by atoms with E-state index in [1.165, 1.54) is 38.2 Å². The van der Waals surface area contributed by atoms with Crippen LogP contribution in [0.5, 0.6) is 0 Å². The van der Waals surface area contributed by atoms with Crippen LogP contribution in [0.25, 0.3) is 0 Å². The molecule has 25 heavy (non-hydrogen) atoms. The Balaban J connectivity index is 4.38. The molecule has 0 saturated carbocycles. The molecule has 0 aromatic rings. The molecule has 4 heteroatoms. The summed E-state index contributed by atoms with van der Waals surface area (Å²) in [6.07, 6.45) is 10.4. The average Bonchev–Trinajstić information content (AvgIpc) is 2.55. The molecular weight excluding hydrogens is 316 g/mol. The van der Waals surface area contributed by atoms with Crippen molar-refractivity contribution in [2.24, 2.45) is 11.8 Å². The Bertz CT molecular complexity index is 528. The second-order valence-electron chi connectivity index (χ2n) is 6.18. The number of carboxylic acids is 2. The minimum atomic E-state index is -0.935. The molecule has 2 atom stereocenters. The van der Waals surface area contributed by atoms with Crippen molar-refractivity contribution in [2.45, 2.75) is 71.1 Å². The highest BCUT2D eigenvalue weighted by atomic mass is 16.4. The molecule has 0 aliphatic rings. The first-order valence-corrected chi connectivity index (χ1v) is 9.06. The smallest absolute Gasteiger partial charge is 0.304 e. The molecule has 0 rings (SSSR count). The minimum Gasteiger partial charge on any atom is -0.481 e. The summed E-state index contributed by atoms with van der Waals surface area (Å²) in [6, 6.07) is 0. The quantitative estimate of drug-likeness (QED) is 0.292. The maximum absolute atomic E-state index is 10.9. The molecule has 0 fully saturated rings. The monoisotopic (exact) mass is 346 g/mol. The zero-order chi connectivity index (χ0) is 18.9. The van der Waals surface area contributed by atoms with E-state index in [2.05, 4.69) is 37.2 Å². The Morgan fingerprint density at radius 1 is 0.920 bits per heavy atom. The van der Waals surface area contributed by atoms with Crippen molar-refractivity contribution in [2.75, 3.05) is 0 Å². The number of allylic oxidation sites excluding steroid dienone is 1. The third kappa shape index (κ3) is 15.1. The SMILES string of the molecule is C=C[C@H](C#CC#C[C@H](CCCCCCCCC)CC(=O)O)CC(=O)O. The lowest BCUT2D eigenvalue weighted by Crippen LogP contribution is -2.06. The predicted octanol–water partition coefficient (Wildman–Crippen LogP) is 4.50. The molecule has 0 bridgehead atoms. The van der Waals surface area contributed by atoms with Crippen LogP contribution < -0.4 is 0 Å². The van der Waals surface area contributed by atoms with Crippen LogP contribution in [0.15, 0.2) is 12.7 Å². The number of carboxylic acid groups (broad SMARTS) is 2. The molecule has 0 aliphatic heterocycles. The van der Waals surface area contributed by atoms with Gasteiger partial charge in [0, 0.05) is 11.8 Å². The Morgan fingerprint density at radius 3 is 2.04 bits per heavy atom. The average molecular weight is 346 g/mol. The third-order valence-electron chi connectivity index (χ3n) is 3.85. The van der Waals surface area contributed by atoms with Gasteiger partial charge in [-0.1, -0.05) is 69.8 Å². The Kier molecular flexibility index (Phi) is 14.0. The van der Waals surface area contributed by atoms with Crippen molar-refractivity contribution in [3.63, 3.8) is 0 Å². The van der Waals surface area contributed by atoms with Gasteiger partial charge in [0.1, 0.15) is 0 Å². The van der Waals surface area contributed by atoms with Gasteiger partial charge in [-0.2, -0.15) is 0 Å². The van der Waals surface area contributed by atoms with Crippen LogP contribution in [0.1, 0.15) is 71.1 Å². The normalized spacial score (nSPS) is 12.0. The van der Waals surface area contributed by atoms with E-state index in [0.29, 0.717) is 0 Å². The van der Waals surface area contributed by atoms with Gasteiger partial charge in [-0.15, -0.1) is 6.58 Å². The van der Waals surface area contributed by atoms with Crippen LogP contribution in [0.2, 0.25) is 0 Å². The van der Waals surface area contributed by atoms with E-state index >= 15 is 0 Å².